The number of halogens is 1. The van der Waals surface area contributed by atoms with Crippen molar-refractivity contribution in [3.63, 3.8) is 0 Å². The molecule has 1 heterocycles. The lowest BCUT2D eigenvalue weighted by molar-refractivity contribution is -0.120. The summed E-state index contributed by atoms with van der Waals surface area (Å²) in [5.41, 5.74) is 3.23. The van der Waals surface area contributed by atoms with Gasteiger partial charge in [-0.15, -0.1) is 0 Å². The minimum absolute atomic E-state index is 0.0821. The van der Waals surface area contributed by atoms with Gasteiger partial charge in [-0.25, -0.2) is 0 Å². The maximum absolute atomic E-state index is 11.8. The maximum atomic E-state index is 11.8. The van der Waals surface area contributed by atoms with Crippen LogP contribution in [0.2, 0.25) is 0 Å². The number of fused-ring (bicyclic) bond motifs is 1. The summed E-state index contributed by atoms with van der Waals surface area (Å²) in [5.74, 6) is 0.964. The molecule has 1 aliphatic heterocycles. The molecular weight excluding hydrogens is 413 g/mol. The van der Waals surface area contributed by atoms with E-state index in [-0.39, 0.29) is 12.0 Å². The quantitative estimate of drug-likeness (QED) is 0.693. The van der Waals surface area contributed by atoms with Crippen LogP contribution < -0.4 is 10.1 Å². The molecule has 1 unspecified atom stereocenters. The predicted molar refractivity (Wildman–Crippen MR) is 105 cm³/mol. The highest BCUT2D eigenvalue weighted by Crippen LogP contribution is 2.37. The average molecular weight is 433 g/mol. The van der Waals surface area contributed by atoms with Crippen LogP contribution in [-0.2, 0) is 4.79 Å². The molecule has 0 fully saturated rings. The van der Waals surface area contributed by atoms with Crippen molar-refractivity contribution in [3.05, 3.63) is 68.8 Å². The second-order valence-corrected chi connectivity index (χ2v) is 7.08. The zero-order valence-electron chi connectivity index (χ0n) is 13.6. The van der Waals surface area contributed by atoms with Crippen molar-refractivity contribution >= 4 is 34.6 Å². The number of carbonyl (C=O) groups excluding carboxylic acids is 1. The number of nitrogens with one attached hydrogen (secondary N) is 1. The third-order valence-electron chi connectivity index (χ3n) is 3.96. The Hall–Kier alpha value is -1.82. The SMILES string of the molecule is CCCC(=O)NCC1=Cc2cc(I)ccc2OC1c1ccccc1. The molecule has 2 aromatic carbocycles. The van der Waals surface area contributed by atoms with Crippen molar-refractivity contribution in [2.24, 2.45) is 0 Å². The fraction of sp³-hybridized carbons (Fsp3) is 0.250. The maximum Gasteiger partial charge on any atom is 0.220 e. The van der Waals surface area contributed by atoms with E-state index in [0.717, 1.165) is 28.9 Å². The van der Waals surface area contributed by atoms with E-state index in [1.54, 1.807) is 0 Å². The fourth-order valence-electron chi connectivity index (χ4n) is 2.79. The Bertz CT molecular complexity index is 755. The second kappa shape index (κ2) is 7.83. The fourth-order valence-corrected chi connectivity index (χ4v) is 3.30. The molecule has 1 aliphatic rings. The molecule has 1 amide bonds. The summed E-state index contributed by atoms with van der Waals surface area (Å²) in [4.78, 5) is 11.8. The molecule has 0 bridgehead atoms. The highest BCUT2D eigenvalue weighted by Gasteiger charge is 2.24. The summed E-state index contributed by atoms with van der Waals surface area (Å²) in [7, 11) is 0. The van der Waals surface area contributed by atoms with E-state index < -0.39 is 0 Å². The van der Waals surface area contributed by atoms with Crippen LogP contribution in [0.3, 0.4) is 0 Å². The van der Waals surface area contributed by atoms with Crippen LogP contribution in [0.1, 0.15) is 37.0 Å². The van der Waals surface area contributed by atoms with Crippen LogP contribution in [0.5, 0.6) is 5.75 Å². The lowest BCUT2D eigenvalue weighted by Crippen LogP contribution is -2.29. The summed E-state index contributed by atoms with van der Waals surface area (Å²) in [5, 5.41) is 3.01. The van der Waals surface area contributed by atoms with Gasteiger partial charge >= 0.3 is 0 Å². The van der Waals surface area contributed by atoms with Gasteiger partial charge in [0.25, 0.3) is 0 Å². The van der Waals surface area contributed by atoms with Crippen LogP contribution >= 0.6 is 22.6 Å². The van der Waals surface area contributed by atoms with Crippen LogP contribution in [0.15, 0.2) is 54.1 Å². The number of rotatable bonds is 5. The van der Waals surface area contributed by atoms with E-state index in [2.05, 4.69) is 52.2 Å². The summed E-state index contributed by atoms with van der Waals surface area (Å²) >= 11 is 2.30. The van der Waals surface area contributed by atoms with Gasteiger partial charge in [0.2, 0.25) is 5.91 Å². The van der Waals surface area contributed by atoms with Crippen molar-refractivity contribution in [1.82, 2.24) is 5.32 Å². The van der Waals surface area contributed by atoms with Gasteiger partial charge in [-0.3, -0.25) is 4.79 Å². The number of ether oxygens (including phenoxy) is 1. The molecule has 0 saturated carbocycles. The van der Waals surface area contributed by atoms with Gasteiger partial charge in [0.1, 0.15) is 11.9 Å². The molecular formula is C20H20INO2. The first-order valence-corrected chi connectivity index (χ1v) is 9.23. The Labute approximate surface area is 156 Å². The number of hydrogen-bond acceptors (Lipinski definition) is 2. The third-order valence-corrected chi connectivity index (χ3v) is 4.63. The van der Waals surface area contributed by atoms with Gasteiger partial charge in [0.05, 0.1) is 0 Å². The largest absolute Gasteiger partial charge is 0.481 e. The van der Waals surface area contributed by atoms with Gasteiger partial charge in [-0.2, -0.15) is 0 Å². The van der Waals surface area contributed by atoms with Crippen LogP contribution in [0.25, 0.3) is 6.08 Å². The molecule has 0 radical (unpaired) electrons. The molecule has 2 aromatic rings. The molecule has 0 saturated heterocycles. The third kappa shape index (κ3) is 3.98. The van der Waals surface area contributed by atoms with Gasteiger partial charge in [-0.1, -0.05) is 37.3 Å². The number of hydrogen-bond donors (Lipinski definition) is 1. The lowest BCUT2D eigenvalue weighted by atomic mass is 9.96. The van der Waals surface area contributed by atoms with Gasteiger partial charge < -0.3 is 10.1 Å². The monoisotopic (exact) mass is 433 g/mol. The highest BCUT2D eigenvalue weighted by atomic mass is 127. The van der Waals surface area contributed by atoms with E-state index in [9.17, 15) is 4.79 Å². The Balaban J connectivity index is 1.90. The Morgan fingerprint density at radius 2 is 2.00 bits per heavy atom. The molecule has 0 spiro atoms. The Morgan fingerprint density at radius 1 is 1.21 bits per heavy atom. The molecule has 1 N–H and O–H groups in total. The van der Waals surface area contributed by atoms with Crippen molar-refractivity contribution in [2.45, 2.75) is 25.9 Å². The highest BCUT2D eigenvalue weighted by molar-refractivity contribution is 14.1. The standard InChI is InChI=1S/C20H20INO2/c1-2-6-19(23)22-13-16-11-15-12-17(21)9-10-18(15)24-20(16)14-7-4-3-5-8-14/h3-5,7-12,20H,2,6,13H2,1H3,(H,22,23). The summed E-state index contributed by atoms with van der Waals surface area (Å²) < 4.78 is 7.42. The first-order valence-electron chi connectivity index (χ1n) is 8.15. The van der Waals surface area contributed by atoms with Gasteiger partial charge in [-0.05, 0) is 64.4 Å². The molecule has 3 nitrogen and oxygen atoms in total. The molecule has 0 aliphatic carbocycles. The van der Waals surface area contributed by atoms with Crippen LogP contribution in [0, 0.1) is 3.57 Å². The zero-order valence-corrected chi connectivity index (χ0v) is 15.7. The Morgan fingerprint density at radius 3 is 2.75 bits per heavy atom. The van der Waals surface area contributed by atoms with Gasteiger partial charge in [0.15, 0.2) is 0 Å². The minimum Gasteiger partial charge on any atom is -0.481 e. The van der Waals surface area contributed by atoms with E-state index in [0.29, 0.717) is 13.0 Å². The second-order valence-electron chi connectivity index (χ2n) is 5.84. The molecule has 4 heteroatoms. The first kappa shape index (κ1) is 17.0. The van der Waals surface area contributed by atoms with Crippen molar-refractivity contribution in [3.8, 4) is 5.75 Å². The van der Waals surface area contributed by atoms with E-state index in [1.165, 1.54) is 3.57 Å². The molecule has 0 aromatic heterocycles. The normalized spacial score (nSPS) is 15.9. The van der Waals surface area contributed by atoms with Gasteiger partial charge in [0, 0.05) is 22.1 Å². The smallest absolute Gasteiger partial charge is 0.220 e. The lowest BCUT2D eigenvalue weighted by Gasteiger charge is -2.28. The topological polar surface area (TPSA) is 38.3 Å². The van der Waals surface area contributed by atoms with Crippen molar-refractivity contribution < 1.29 is 9.53 Å². The average Bonchev–Trinajstić information content (AvgIpc) is 2.60. The van der Waals surface area contributed by atoms with E-state index in [4.69, 9.17) is 4.74 Å². The molecule has 124 valence electrons. The summed E-state index contributed by atoms with van der Waals surface area (Å²) in [6, 6.07) is 16.3. The Kier molecular flexibility index (Phi) is 5.56. The molecule has 24 heavy (non-hydrogen) atoms. The minimum atomic E-state index is -0.166. The predicted octanol–water partition coefficient (Wildman–Crippen LogP) is 4.72. The molecule has 3 rings (SSSR count). The first-order chi connectivity index (χ1) is 11.7. The van der Waals surface area contributed by atoms with Crippen molar-refractivity contribution in [1.29, 1.82) is 0 Å². The van der Waals surface area contributed by atoms with Crippen molar-refractivity contribution in [2.75, 3.05) is 6.54 Å². The van der Waals surface area contributed by atoms with E-state index in [1.807, 2.05) is 37.3 Å². The molecule has 1 atom stereocenters. The number of amides is 1. The van der Waals surface area contributed by atoms with Crippen LogP contribution in [0.4, 0.5) is 0 Å². The van der Waals surface area contributed by atoms with Crippen LogP contribution in [-0.4, -0.2) is 12.5 Å². The van der Waals surface area contributed by atoms with E-state index >= 15 is 0 Å². The number of carbonyl (C=O) groups is 1. The summed E-state index contributed by atoms with van der Waals surface area (Å²) in [6.45, 7) is 2.51. The zero-order chi connectivity index (χ0) is 16.9. The summed E-state index contributed by atoms with van der Waals surface area (Å²) in [6.07, 6.45) is 3.38. The number of benzene rings is 2.